The van der Waals surface area contributed by atoms with E-state index in [1.54, 1.807) is 11.9 Å². The summed E-state index contributed by atoms with van der Waals surface area (Å²) in [6.07, 6.45) is 0. The summed E-state index contributed by atoms with van der Waals surface area (Å²) in [5, 5.41) is 2.67. The summed E-state index contributed by atoms with van der Waals surface area (Å²) in [4.78, 5) is 1.26. The molecule has 23 heavy (non-hydrogen) atoms. The molecular weight excluding hydrogens is 298 g/mol. The molecule has 0 saturated carbocycles. The number of hydrogen-bond donors (Lipinski definition) is 0. The van der Waals surface area contributed by atoms with Crippen molar-refractivity contribution < 1.29 is 0 Å². The fourth-order valence-electron chi connectivity index (χ4n) is 3.02. The van der Waals surface area contributed by atoms with Gasteiger partial charge in [0.1, 0.15) is 0 Å². The van der Waals surface area contributed by atoms with Crippen LogP contribution in [0.3, 0.4) is 0 Å². The molecule has 0 aliphatic carbocycles. The van der Waals surface area contributed by atoms with Crippen molar-refractivity contribution in [2.45, 2.75) is 25.7 Å². The third kappa shape index (κ3) is 2.53. The minimum absolute atomic E-state index is 1.26. The van der Waals surface area contributed by atoms with Gasteiger partial charge in [0.2, 0.25) is 0 Å². The maximum atomic E-state index is 2.36. The van der Waals surface area contributed by atoms with Gasteiger partial charge >= 0.3 is 0 Å². The standard InChI is InChI=1S/C21H19NS/c1-14-4-8-17(9-5-14)23-22-20-10-6-15(2)12-18(20)19-13-16(3)7-11-21(19)22/h4-13H,1-3H3. The van der Waals surface area contributed by atoms with Crippen molar-refractivity contribution in [2.24, 2.45) is 0 Å². The molecule has 114 valence electrons. The smallest absolute Gasteiger partial charge is 0.0608 e. The number of aryl methyl sites for hydroxylation is 3. The Kier molecular flexibility index (Phi) is 3.42. The summed E-state index contributed by atoms with van der Waals surface area (Å²) in [6.45, 7) is 6.44. The van der Waals surface area contributed by atoms with Gasteiger partial charge in [-0.2, -0.15) is 0 Å². The zero-order valence-corrected chi connectivity index (χ0v) is 14.4. The monoisotopic (exact) mass is 317 g/mol. The van der Waals surface area contributed by atoms with E-state index in [0.717, 1.165) is 0 Å². The van der Waals surface area contributed by atoms with Crippen LogP contribution in [-0.2, 0) is 0 Å². The summed E-state index contributed by atoms with van der Waals surface area (Å²) >= 11 is 1.79. The topological polar surface area (TPSA) is 4.93 Å². The molecule has 0 amide bonds. The predicted molar refractivity (Wildman–Crippen MR) is 101 cm³/mol. The lowest BCUT2D eigenvalue weighted by molar-refractivity contribution is 1.33. The zero-order valence-electron chi connectivity index (χ0n) is 13.6. The van der Waals surface area contributed by atoms with Gasteiger partial charge in [-0.1, -0.05) is 41.0 Å². The van der Waals surface area contributed by atoms with Gasteiger partial charge < -0.3 is 0 Å². The van der Waals surface area contributed by atoms with Gasteiger partial charge in [-0.25, -0.2) is 0 Å². The van der Waals surface area contributed by atoms with Crippen LogP contribution in [0.2, 0.25) is 0 Å². The summed E-state index contributed by atoms with van der Waals surface area (Å²) < 4.78 is 2.36. The van der Waals surface area contributed by atoms with Crippen molar-refractivity contribution in [1.82, 2.24) is 3.97 Å². The summed E-state index contributed by atoms with van der Waals surface area (Å²) in [5.74, 6) is 0. The SMILES string of the molecule is Cc1ccc(Sn2c3ccc(C)cc3c3cc(C)ccc32)cc1. The molecule has 0 radical (unpaired) electrons. The third-order valence-corrected chi connectivity index (χ3v) is 5.31. The van der Waals surface area contributed by atoms with E-state index in [2.05, 4.69) is 85.4 Å². The highest BCUT2D eigenvalue weighted by atomic mass is 32.2. The predicted octanol–water partition coefficient (Wildman–Crippen LogP) is 6.28. The Morgan fingerprint density at radius 3 is 1.61 bits per heavy atom. The lowest BCUT2D eigenvalue weighted by Crippen LogP contribution is -1.87. The highest BCUT2D eigenvalue weighted by molar-refractivity contribution is 7.98. The van der Waals surface area contributed by atoms with E-state index in [0.29, 0.717) is 0 Å². The Balaban J connectivity index is 1.97. The molecule has 0 bridgehead atoms. The first kappa shape index (κ1) is 14.4. The molecular formula is C21H19NS. The van der Waals surface area contributed by atoms with Crippen molar-refractivity contribution in [3.05, 3.63) is 77.4 Å². The van der Waals surface area contributed by atoms with Crippen LogP contribution in [-0.4, -0.2) is 3.97 Å². The van der Waals surface area contributed by atoms with E-state index >= 15 is 0 Å². The molecule has 0 saturated heterocycles. The Morgan fingerprint density at radius 2 is 1.09 bits per heavy atom. The molecule has 0 aliphatic rings. The Hall–Kier alpha value is -2.19. The molecule has 0 aliphatic heterocycles. The van der Waals surface area contributed by atoms with Crippen molar-refractivity contribution in [2.75, 3.05) is 0 Å². The molecule has 1 aromatic heterocycles. The van der Waals surface area contributed by atoms with Crippen LogP contribution in [0.4, 0.5) is 0 Å². The number of nitrogens with zero attached hydrogens (tertiary/aromatic N) is 1. The normalized spacial score (nSPS) is 11.4. The lowest BCUT2D eigenvalue weighted by Gasteiger charge is -2.07. The first-order chi connectivity index (χ1) is 11.1. The molecule has 4 rings (SSSR count). The summed E-state index contributed by atoms with van der Waals surface area (Å²) in [7, 11) is 0. The molecule has 1 nitrogen and oxygen atoms in total. The number of aromatic nitrogens is 1. The molecule has 0 N–H and O–H groups in total. The largest absolute Gasteiger partial charge is 0.279 e. The minimum Gasteiger partial charge on any atom is -0.279 e. The molecule has 3 aromatic carbocycles. The maximum Gasteiger partial charge on any atom is 0.0608 e. The summed E-state index contributed by atoms with van der Waals surface area (Å²) in [6, 6.07) is 22.2. The third-order valence-electron chi connectivity index (χ3n) is 4.25. The van der Waals surface area contributed by atoms with Crippen LogP contribution in [0, 0.1) is 20.8 Å². The van der Waals surface area contributed by atoms with Crippen molar-refractivity contribution in [3.8, 4) is 0 Å². The quantitative estimate of drug-likeness (QED) is 0.421. The Bertz CT molecular complexity index is 950. The molecule has 1 heterocycles. The van der Waals surface area contributed by atoms with Crippen LogP contribution in [0.25, 0.3) is 21.8 Å². The van der Waals surface area contributed by atoms with E-state index in [1.807, 2.05) is 0 Å². The zero-order chi connectivity index (χ0) is 16.0. The maximum absolute atomic E-state index is 2.36. The summed E-state index contributed by atoms with van der Waals surface area (Å²) in [5.41, 5.74) is 6.46. The fraction of sp³-hybridized carbons (Fsp3) is 0.143. The second-order valence-electron chi connectivity index (χ2n) is 6.24. The van der Waals surface area contributed by atoms with E-state index in [9.17, 15) is 0 Å². The van der Waals surface area contributed by atoms with Gasteiger partial charge in [0.15, 0.2) is 0 Å². The number of fused-ring (bicyclic) bond motifs is 3. The number of rotatable bonds is 2. The van der Waals surface area contributed by atoms with Gasteiger partial charge in [0, 0.05) is 15.7 Å². The lowest BCUT2D eigenvalue weighted by atomic mass is 10.1. The molecule has 0 spiro atoms. The Labute approximate surface area is 141 Å². The van der Waals surface area contributed by atoms with E-state index in [-0.39, 0.29) is 0 Å². The average Bonchev–Trinajstić information content (AvgIpc) is 2.82. The molecule has 4 aromatic rings. The first-order valence-corrected chi connectivity index (χ1v) is 8.65. The van der Waals surface area contributed by atoms with Crippen LogP contribution < -0.4 is 0 Å². The van der Waals surface area contributed by atoms with Gasteiger partial charge in [-0.3, -0.25) is 3.97 Å². The second-order valence-corrected chi connectivity index (χ2v) is 7.26. The molecule has 0 atom stereocenters. The van der Waals surface area contributed by atoms with E-state index in [4.69, 9.17) is 0 Å². The molecule has 0 fully saturated rings. The number of hydrogen-bond acceptors (Lipinski definition) is 1. The minimum atomic E-state index is 1.26. The van der Waals surface area contributed by atoms with Crippen molar-refractivity contribution in [3.63, 3.8) is 0 Å². The van der Waals surface area contributed by atoms with Gasteiger partial charge in [-0.05, 0) is 69.1 Å². The number of benzene rings is 3. The van der Waals surface area contributed by atoms with E-state index < -0.39 is 0 Å². The van der Waals surface area contributed by atoms with Crippen LogP contribution in [0.5, 0.6) is 0 Å². The average molecular weight is 317 g/mol. The second kappa shape index (κ2) is 5.47. The molecule has 2 heteroatoms. The van der Waals surface area contributed by atoms with Crippen LogP contribution >= 0.6 is 11.9 Å². The first-order valence-electron chi connectivity index (χ1n) is 7.88. The van der Waals surface area contributed by atoms with Gasteiger partial charge in [-0.15, -0.1) is 0 Å². The Morgan fingerprint density at radius 1 is 0.609 bits per heavy atom. The highest BCUT2D eigenvalue weighted by Crippen LogP contribution is 2.36. The van der Waals surface area contributed by atoms with E-state index in [1.165, 1.54) is 43.4 Å². The molecule has 0 unspecified atom stereocenters. The van der Waals surface area contributed by atoms with Crippen molar-refractivity contribution in [1.29, 1.82) is 0 Å². The highest BCUT2D eigenvalue weighted by Gasteiger charge is 2.12. The fourth-order valence-corrected chi connectivity index (χ4v) is 4.00. The van der Waals surface area contributed by atoms with Crippen molar-refractivity contribution >= 4 is 33.8 Å². The van der Waals surface area contributed by atoms with Crippen LogP contribution in [0.15, 0.2) is 65.6 Å². The van der Waals surface area contributed by atoms with Gasteiger partial charge in [0.25, 0.3) is 0 Å². The van der Waals surface area contributed by atoms with Gasteiger partial charge in [0.05, 0.1) is 11.0 Å². The van der Waals surface area contributed by atoms with Crippen LogP contribution in [0.1, 0.15) is 16.7 Å².